The molecule has 0 saturated carbocycles. The Balaban J connectivity index is 1.66. The lowest BCUT2D eigenvalue weighted by molar-refractivity contribution is -0.359. The molecule has 9 N–H and O–H groups in total. The van der Waals surface area contributed by atoms with Gasteiger partial charge < -0.3 is 65.1 Å². The fourth-order valence-electron chi connectivity index (χ4n) is 11.0. The van der Waals surface area contributed by atoms with Crippen LogP contribution in [-0.4, -0.2) is 140 Å². The van der Waals surface area contributed by atoms with Crippen molar-refractivity contribution < 1.29 is 64.6 Å². The Bertz CT molecular complexity index is 1770. The largest absolute Gasteiger partial charge is 0.394 e. The van der Waals surface area contributed by atoms with Gasteiger partial charge in [-0.3, -0.25) is 4.79 Å². The maximum Gasteiger partial charge on any atom is 0.220 e. The van der Waals surface area contributed by atoms with Gasteiger partial charge >= 0.3 is 0 Å². The zero-order valence-electron chi connectivity index (χ0n) is 54.0. The van der Waals surface area contributed by atoms with Crippen LogP contribution in [0.5, 0.6) is 0 Å². The number of hydrogen-bond donors (Lipinski definition) is 9. The fraction of sp³-hybridized carbons (Fsp3) is 0.792. The molecular formula is C72H127NO13. The summed E-state index contributed by atoms with van der Waals surface area (Å²) in [5.41, 5.74) is 0. The number of unbranched alkanes of at least 4 members (excludes halogenated alkanes) is 31. The lowest BCUT2D eigenvalue weighted by Gasteiger charge is -2.46. The number of nitrogens with one attached hydrogen (secondary N) is 1. The Hall–Kier alpha value is -2.83. The highest BCUT2D eigenvalue weighted by Crippen LogP contribution is 2.30. The van der Waals surface area contributed by atoms with Gasteiger partial charge in [-0.25, -0.2) is 0 Å². The number of aliphatic hydroxyl groups excluding tert-OH is 8. The van der Waals surface area contributed by atoms with Crippen LogP contribution in [0.25, 0.3) is 0 Å². The van der Waals surface area contributed by atoms with Crippen LogP contribution in [0.1, 0.15) is 271 Å². The van der Waals surface area contributed by atoms with E-state index in [0.29, 0.717) is 12.8 Å². The summed E-state index contributed by atoms with van der Waals surface area (Å²) in [7, 11) is 0. The van der Waals surface area contributed by atoms with Crippen LogP contribution in [-0.2, 0) is 23.7 Å². The number of aliphatic hydroxyl groups is 8. The number of allylic oxidation sites excluding steroid dienone is 13. The van der Waals surface area contributed by atoms with Crippen molar-refractivity contribution in [1.82, 2.24) is 5.32 Å². The van der Waals surface area contributed by atoms with Crippen molar-refractivity contribution in [3.63, 3.8) is 0 Å². The number of ether oxygens (including phenoxy) is 4. The highest BCUT2D eigenvalue weighted by molar-refractivity contribution is 5.76. The second kappa shape index (κ2) is 56.2. The Kier molecular flexibility index (Phi) is 51.8. The zero-order chi connectivity index (χ0) is 62.3. The van der Waals surface area contributed by atoms with Gasteiger partial charge in [-0.15, -0.1) is 0 Å². The molecule has 2 heterocycles. The van der Waals surface area contributed by atoms with Crippen molar-refractivity contribution in [2.75, 3.05) is 19.8 Å². The molecule has 0 aromatic rings. The minimum absolute atomic E-state index is 0.252. The first-order chi connectivity index (χ1) is 42.1. The first kappa shape index (κ1) is 79.3. The van der Waals surface area contributed by atoms with Crippen molar-refractivity contribution in [3.8, 4) is 0 Å². The van der Waals surface area contributed by atoms with E-state index in [-0.39, 0.29) is 18.9 Å². The Labute approximate surface area is 522 Å². The van der Waals surface area contributed by atoms with Crippen LogP contribution in [0.2, 0.25) is 0 Å². The molecule has 1 amide bonds. The van der Waals surface area contributed by atoms with E-state index < -0.39 is 86.8 Å². The molecule has 12 unspecified atom stereocenters. The minimum atomic E-state index is -1.79. The average molecular weight is 1210 g/mol. The number of rotatable bonds is 56. The van der Waals surface area contributed by atoms with Crippen LogP contribution in [0, 0.1) is 0 Å². The standard InChI is InChI=1S/C72H127NO13/c1-3-5-7-9-11-13-15-17-19-21-23-24-25-26-27-28-29-30-31-32-33-34-35-36-38-40-42-44-46-48-50-52-54-56-64(77)73-60(61(76)55-53-51-49-47-45-43-41-39-37-22-20-18-16-14-12-10-8-6-4-2)59-83-71-69(82)67(80)70(63(58-75)85-71)86-72-68(81)66(79)65(78)62(57-74)84-72/h5,7,11,13,17,19,23-24,37,39,45,47,53,55,60-63,65-72,74-76,78-82H,3-4,6,8-10,12,14-16,18,20-22,25-36,38,40-44,46,48-52,54,56-59H2,1-2H3,(H,73,77)/b7-5-,13-11-,19-17-,24-23-,39-37+,47-45+,55-53+. The van der Waals surface area contributed by atoms with Gasteiger partial charge in [0, 0.05) is 6.42 Å². The molecule has 14 heteroatoms. The highest BCUT2D eigenvalue weighted by Gasteiger charge is 2.51. The quantitative estimate of drug-likeness (QED) is 0.0204. The van der Waals surface area contributed by atoms with E-state index in [0.717, 1.165) is 70.6 Å². The molecule has 2 aliphatic heterocycles. The first-order valence-electron chi connectivity index (χ1n) is 34.8. The van der Waals surface area contributed by atoms with Crippen molar-refractivity contribution in [3.05, 3.63) is 85.1 Å². The van der Waals surface area contributed by atoms with Crippen molar-refractivity contribution >= 4 is 5.91 Å². The Morgan fingerprint density at radius 3 is 1.28 bits per heavy atom. The van der Waals surface area contributed by atoms with Gasteiger partial charge in [-0.2, -0.15) is 0 Å². The molecular weight excluding hydrogens is 1090 g/mol. The third-order valence-corrected chi connectivity index (χ3v) is 16.5. The van der Waals surface area contributed by atoms with Gasteiger partial charge in [-0.1, -0.05) is 266 Å². The molecule has 0 aliphatic carbocycles. The second-order valence-corrected chi connectivity index (χ2v) is 24.3. The van der Waals surface area contributed by atoms with Gasteiger partial charge in [0.2, 0.25) is 5.91 Å². The lowest BCUT2D eigenvalue weighted by atomic mass is 9.97. The molecule has 0 bridgehead atoms. The summed E-state index contributed by atoms with van der Waals surface area (Å²) in [6.45, 7) is 2.68. The van der Waals surface area contributed by atoms with E-state index >= 15 is 0 Å². The number of carbonyl (C=O) groups is 1. The summed E-state index contributed by atoms with van der Waals surface area (Å²) in [6, 6.07) is -0.941. The van der Waals surface area contributed by atoms with Crippen molar-refractivity contribution in [1.29, 1.82) is 0 Å². The Morgan fingerprint density at radius 2 is 0.814 bits per heavy atom. The van der Waals surface area contributed by atoms with E-state index in [2.05, 4.69) is 92.1 Å². The highest BCUT2D eigenvalue weighted by atomic mass is 16.7. The van der Waals surface area contributed by atoms with Gasteiger partial charge in [-0.05, 0) is 83.5 Å². The SMILES string of the molecule is CC/C=C\C/C=C\C/C=C\C/C=C\CCCCCCCCCCCCCCCCCCCCCCC(=O)NC(COC1OC(CO)C(OC2OC(CO)C(O)C(O)C2O)C(O)C1O)C(O)/C=C/CC/C=C/CC/C=C/CCCCCCCCCCC. The van der Waals surface area contributed by atoms with E-state index in [1.165, 1.54) is 167 Å². The molecule has 0 radical (unpaired) electrons. The Morgan fingerprint density at radius 1 is 0.430 bits per heavy atom. The van der Waals surface area contributed by atoms with Crippen LogP contribution in [0.3, 0.4) is 0 Å². The van der Waals surface area contributed by atoms with Crippen LogP contribution < -0.4 is 5.32 Å². The zero-order valence-corrected chi connectivity index (χ0v) is 54.0. The molecule has 0 spiro atoms. The number of hydrogen-bond acceptors (Lipinski definition) is 13. The predicted octanol–water partition coefficient (Wildman–Crippen LogP) is 14.0. The van der Waals surface area contributed by atoms with Gasteiger partial charge in [0.1, 0.15) is 48.8 Å². The normalized spacial score (nSPS) is 23.9. The van der Waals surface area contributed by atoms with Crippen LogP contribution in [0.15, 0.2) is 85.1 Å². The van der Waals surface area contributed by atoms with Crippen molar-refractivity contribution in [2.45, 2.75) is 344 Å². The van der Waals surface area contributed by atoms with E-state index in [9.17, 15) is 45.6 Å². The second-order valence-electron chi connectivity index (χ2n) is 24.3. The fourth-order valence-corrected chi connectivity index (χ4v) is 11.0. The minimum Gasteiger partial charge on any atom is -0.394 e. The van der Waals surface area contributed by atoms with E-state index in [1.807, 2.05) is 6.08 Å². The summed E-state index contributed by atoms with van der Waals surface area (Å²) in [4.78, 5) is 13.3. The summed E-state index contributed by atoms with van der Waals surface area (Å²) in [5.74, 6) is -0.252. The molecule has 2 rings (SSSR count). The molecule has 2 saturated heterocycles. The maximum atomic E-state index is 13.3. The summed E-state index contributed by atoms with van der Waals surface area (Å²) >= 11 is 0. The molecule has 2 fully saturated rings. The summed E-state index contributed by atoms with van der Waals surface area (Å²) < 4.78 is 22.8. The monoisotopic (exact) mass is 1210 g/mol. The third kappa shape index (κ3) is 40.0. The molecule has 2 aliphatic rings. The summed E-state index contributed by atoms with van der Waals surface area (Å²) in [6.07, 6.45) is 60.7. The first-order valence-corrected chi connectivity index (χ1v) is 34.8. The van der Waals surface area contributed by atoms with Crippen LogP contribution in [0.4, 0.5) is 0 Å². The topological polar surface area (TPSA) is 228 Å². The van der Waals surface area contributed by atoms with Crippen molar-refractivity contribution in [2.24, 2.45) is 0 Å². The summed E-state index contributed by atoms with van der Waals surface area (Å²) in [5, 5.41) is 87.3. The molecule has 86 heavy (non-hydrogen) atoms. The smallest absolute Gasteiger partial charge is 0.220 e. The maximum absolute atomic E-state index is 13.3. The van der Waals surface area contributed by atoms with Gasteiger partial charge in [0.25, 0.3) is 0 Å². The van der Waals surface area contributed by atoms with Crippen LogP contribution >= 0.6 is 0 Å². The molecule has 0 aromatic carbocycles. The van der Waals surface area contributed by atoms with Gasteiger partial charge in [0.15, 0.2) is 12.6 Å². The molecule has 498 valence electrons. The van der Waals surface area contributed by atoms with E-state index in [1.54, 1.807) is 6.08 Å². The van der Waals surface area contributed by atoms with Gasteiger partial charge in [0.05, 0.1) is 32.0 Å². The van der Waals surface area contributed by atoms with E-state index in [4.69, 9.17) is 18.9 Å². The molecule has 12 atom stereocenters. The number of amides is 1. The predicted molar refractivity (Wildman–Crippen MR) is 350 cm³/mol. The average Bonchev–Trinajstić information content (AvgIpc) is 2.63. The lowest BCUT2D eigenvalue weighted by Crippen LogP contribution is -2.65. The third-order valence-electron chi connectivity index (χ3n) is 16.5. The number of carbonyl (C=O) groups excluding carboxylic acids is 1. The molecule has 0 aromatic heterocycles. The molecule has 14 nitrogen and oxygen atoms in total.